The molecule has 0 unspecified atom stereocenters. The van der Waals surface area contributed by atoms with Crippen molar-refractivity contribution in [2.75, 3.05) is 0 Å². The van der Waals surface area contributed by atoms with Crippen molar-refractivity contribution in [2.45, 2.75) is 18.7 Å². The molecule has 3 aromatic carbocycles. The lowest BCUT2D eigenvalue weighted by atomic mass is 9.96. The van der Waals surface area contributed by atoms with Crippen LogP contribution in [0.25, 0.3) is 0 Å². The third kappa shape index (κ3) is 2.97. The van der Waals surface area contributed by atoms with E-state index in [9.17, 15) is 0 Å². The summed E-state index contributed by atoms with van der Waals surface area (Å²) in [6.07, 6.45) is 0.525. The van der Waals surface area contributed by atoms with E-state index < -0.39 is 0 Å². The summed E-state index contributed by atoms with van der Waals surface area (Å²) in [5, 5.41) is 8.41. The Morgan fingerprint density at radius 3 is 2.41 bits per heavy atom. The van der Waals surface area contributed by atoms with E-state index in [0.717, 1.165) is 39.6 Å². The number of hydrazone groups is 1. The van der Waals surface area contributed by atoms with E-state index in [1.54, 1.807) is 0 Å². The number of hydrogen-bond donors (Lipinski definition) is 0. The highest BCUT2D eigenvalue weighted by molar-refractivity contribution is 6.31. The van der Waals surface area contributed by atoms with Crippen LogP contribution in [-0.2, 0) is 0 Å². The third-order valence-electron chi connectivity index (χ3n) is 5.01. The molecule has 134 valence electrons. The minimum atomic E-state index is -0.269. The molecule has 2 heterocycles. The molecular weight excluding hydrogens is 379 g/mol. The summed E-state index contributed by atoms with van der Waals surface area (Å²) in [6.45, 7) is 0. The van der Waals surface area contributed by atoms with Crippen LogP contribution in [0.4, 0.5) is 0 Å². The van der Waals surface area contributed by atoms with Crippen LogP contribution in [0.15, 0.2) is 77.9 Å². The highest BCUT2D eigenvalue weighted by atomic mass is 35.5. The second-order valence-corrected chi connectivity index (χ2v) is 7.59. The first-order valence-corrected chi connectivity index (χ1v) is 9.57. The van der Waals surface area contributed by atoms with E-state index in [2.05, 4.69) is 17.1 Å². The standard InChI is InChI=1S/C22H16Cl2N2O/c23-16-8-6-14(7-9-16)19-13-20-18-12-17(24)10-11-21(18)27-22(26(20)25-19)15-4-2-1-3-5-15/h1-12,20,22H,13H2/t20-,22-/m0/s1. The molecule has 2 aliphatic rings. The maximum absolute atomic E-state index is 6.33. The summed E-state index contributed by atoms with van der Waals surface area (Å²) in [4.78, 5) is 0. The first-order chi connectivity index (χ1) is 13.2. The van der Waals surface area contributed by atoms with Gasteiger partial charge in [-0.2, -0.15) is 5.10 Å². The van der Waals surface area contributed by atoms with Crippen LogP contribution in [0.1, 0.15) is 35.4 Å². The summed E-state index contributed by atoms with van der Waals surface area (Å²) in [7, 11) is 0. The molecule has 0 fully saturated rings. The van der Waals surface area contributed by atoms with Crippen LogP contribution >= 0.6 is 23.2 Å². The van der Waals surface area contributed by atoms with Crippen molar-refractivity contribution in [2.24, 2.45) is 5.10 Å². The SMILES string of the molecule is Clc1ccc(C2=NN3[C@@H](C2)c2cc(Cl)ccc2O[C@H]3c2ccccc2)cc1. The zero-order chi connectivity index (χ0) is 18.4. The van der Waals surface area contributed by atoms with Gasteiger partial charge in [-0.1, -0.05) is 65.7 Å². The molecule has 0 radical (unpaired) electrons. The third-order valence-corrected chi connectivity index (χ3v) is 5.50. The van der Waals surface area contributed by atoms with Gasteiger partial charge >= 0.3 is 0 Å². The van der Waals surface area contributed by atoms with Gasteiger partial charge in [0.25, 0.3) is 0 Å². The van der Waals surface area contributed by atoms with Gasteiger partial charge in [0.15, 0.2) is 0 Å². The predicted molar refractivity (Wildman–Crippen MR) is 108 cm³/mol. The Balaban J connectivity index is 1.60. The minimum absolute atomic E-state index is 0.0864. The molecule has 3 aromatic rings. The molecule has 3 nitrogen and oxygen atoms in total. The predicted octanol–water partition coefficient (Wildman–Crippen LogP) is 6.24. The maximum Gasteiger partial charge on any atom is 0.213 e. The fourth-order valence-electron chi connectivity index (χ4n) is 3.71. The van der Waals surface area contributed by atoms with Crippen LogP contribution in [0.5, 0.6) is 5.75 Å². The molecule has 5 heteroatoms. The average molecular weight is 395 g/mol. The maximum atomic E-state index is 6.33. The quantitative estimate of drug-likeness (QED) is 0.513. The largest absolute Gasteiger partial charge is 0.464 e. The van der Waals surface area contributed by atoms with Crippen LogP contribution in [-0.4, -0.2) is 10.7 Å². The molecule has 0 saturated heterocycles. The van der Waals surface area contributed by atoms with Gasteiger partial charge in [-0.25, -0.2) is 5.01 Å². The molecule has 0 bridgehead atoms. The van der Waals surface area contributed by atoms with Crippen molar-refractivity contribution < 1.29 is 4.74 Å². The first-order valence-electron chi connectivity index (χ1n) is 8.82. The summed E-state index contributed by atoms with van der Waals surface area (Å²) >= 11 is 12.3. The van der Waals surface area contributed by atoms with Crippen molar-refractivity contribution in [1.29, 1.82) is 0 Å². The lowest BCUT2D eigenvalue weighted by Gasteiger charge is -2.38. The second kappa shape index (κ2) is 6.59. The van der Waals surface area contributed by atoms with Gasteiger partial charge in [0.05, 0.1) is 11.8 Å². The summed E-state index contributed by atoms with van der Waals surface area (Å²) in [5.41, 5.74) is 4.24. The topological polar surface area (TPSA) is 24.8 Å². The van der Waals surface area contributed by atoms with Gasteiger partial charge in [-0.15, -0.1) is 0 Å². The van der Waals surface area contributed by atoms with Crippen molar-refractivity contribution >= 4 is 28.9 Å². The van der Waals surface area contributed by atoms with Gasteiger partial charge in [-0.05, 0) is 35.9 Å². The van der Waals surface area contributed by atoms with E-state index >= 15 is 0 Å². The lowest BCUT2D eigenvalue weighted by Crippen LogP contribution is -2.33. The van der Waals surface area contributed by atoms with Crippen LogP contribution in [0.2, 0.25) is 10.0 Å². The Bertz CT molecular complexity index is 1020. The van der Waals surface area contributed by atoms with E-state index in [4.69, 9.17) is 33.0 Å². The van der Waals surface area contributed by atoms with Crippen molar-refractivity contribution in [1.82, 2.24) is 5.01 Å². The molecule has 5 rings (SSSR count). The van der Waals surface area contributed by atoms with E-state index in [0.29, 0.717) is 5.02 Å². The number of ether oxygens (including phenoxy) is 1. The molecule has 2 aliphatic heterocycles. The number of hydrogen-bond acceptors (Lipinski definition) is 3. The molecular formula is C22H16Cl2N2O. The van der Waals surface area contributed by atoms with E-state index in [-0.39, 0.29) is 12.3 Å². The normalized spacial score (nSPS) is 20.5. The van der Waals surface area contributed by atoms with Gasteiger partial charge in [0.1, 0.15) is 5.75 Å². The number of fused-ring (bicyclic) bond motifs is 3. The van der Waals surface area contributed by atoms with Crippen molar-refractivity contribution in [3.05, 3.63) is 99.5 Å². The van der Waals surface area contributed by atoms with Crippen molar-refractivity contribution in [3.8, 4) is 5.75 Å². The Kier molecular flexibility index (Phi) is 4.07. The highest BCUT2D eigenvalue weighted by Gasteiger charge is 2.41. The van der Waals surface area contributed by atoms with Gasteiger partial charge in [0.2, 0.25) is 6.23 Å². The van der Waals surface area contributed by atoms with Gasteiger partial charge < -0.3 is 4.74 Å². The van der Waals surface area contributed by atoms with Crippen LogP contribution in [0, 0.1) is 0 Å². The zero-order valence-electron chi connectivity index (χ0n) is 14.3. The fourth-order valence-corrected chi connectivity index (χ4v) is 4.02. The minimum Gasteiger partial charge on any atom is -0.464 e. The Labute approximate surface area is 167 Å². The molecule has 0 spiro atoms. The fraction of sp³-hybridized carbons (Fsp3) is 0.136. The van der Waals surface area contributed by atoms with Crippen LogP contribution in [0.3, 0.4) is 0 Å². The monoisotopic (exact) mass is 394 g/mol. The highest BCUT2D eigenvalue weighted by Crippen LogP contribution is 2.48. The molecule has 0 amide bonds. The Morgan fingerprint density at radius 2 is 1.63 bits per heavy atom. The summed E-state index contributed by atoms with van der Waals surface area (Å²) < 4.78 is 6.33. The molecule has 0 saturated carbocycles. The van der Waals surface area contributed by atoms with Gasteiger partial charge in [-0.3, -0.25) is 0 Å². The average Bonchev–Trinajstić information content (AvgIpc) is 3.14. The van der Waals surface area contributed by atoms with Gasteiger partial charge in [0, 0.05) is 27.6 Å². The van der Waals surface area contributed by atoms with E-state index in [1.807, 2.05) is 60.7 Å². The van der Waals surface area contributed by atoms with Crippen LogP contribution < -0.4 is 4.74 Å². The van der Waals surface area contributed by atoms with E-state index in [1.165, 1.54) is 0 Å². The molecule has 0 aromatic heterocycles. The molecule has 0 N–H and O–H groups in total. The summed E-state index contributed by atoms with van der Waals surface area (Å²) in [5.74, 6) is 0.863. The number of halogens is 2. The zero-order valence-corrected chi connectivity index (χ0v) is 15.9. The summed E-state index contributed by atoms with van der Waals surface area (Å²) in [6, 6.07) is 23.9. The first kappa shape index (κ1) is 16.7. The smallest absolute Gasteiger partial charge is 0.213 e. The molecule has 27 heavy (non-hydrogen) atoms. The van der Waals surface area contributed by atoms with Crippen molar-refractivity contribution in [3.63, 3.8) is 0 Å². The number of nitrogens with zero attached hydrogens (tertiary/aromatic N) is 2. The number of benzene rings is 3. The Morgan fingerprint density at radius 1 is 0.889 bits per heavy atom. The second-order valence-electron chi connectivity index (χ2n) is 6.72. The molecule has 2 atom stereocenters. The Hall–Kier alpha value is -2.49. The lowest BCUT2D eigenvalue weighted by molar-refractivity contribution is -0.0190. The number of rotatable bonds is 2. The molecule has 0 aliphatic carbocycles.